The first kappa shape index (κ1) is 11.6. The third-order valence-corrected chi connectivity index (χ3v) is 2.16. The summed E-state index contributed by atoms with van der Waals surface area (Å²) in [5.74, 6) is 0.683. The summed E-state index contributed by atoms with van der Waals surface area (Å²) >= 11 is 0. The molecule has 0 fully saturated rings. The number of rotatable bonds is 5. The zero-order valence-electron chi connectivity index (χ0n) is 8.85. The van der Waals surface area contributed by atoms with Gasteiger partial charge in [-0.05, 0) is 12.8 Å². The summed E-state index contributed by atoms with van der Waals surface area (Å²) in [5, 5.41) is 3.28. The van der Waals surface area contributed by atoms with Gasteiger partial charge >= 0.3 is 0 Å². The van der Waals surface area contributed by atoms with Crippen LogP contribution in [0.25, 0.3) is 0 Å². The highest BCUT2D eigenvalue weighted by atomic mass is 16.1. The molecule has 2 heteroatoms. The molecular weight excluding hydrogens is 150 g/mol. The maximum atomic E-state index is 11.2. The Labute approximate surface area is 75.7 Å². The molecule has 0 aliphatic rings. The Kier molecular flexibility index (Phi) is 5.14. The van der Waals surface area contributed by atoms with E-state index in [1.807, 2.05) is 0 Å². The summed E-state index contributed by atoms with van der Waals surface area (Å²) in [5.41, 5.74) is 0. The number of hydrogen-bond donors (Lipinski definition) is 1. The highest BCUT2D eigenvalue weighted by Crippen LogP contribution is 2.09. The van der Waals surface area contributed by atoms with Crippen molar-refractivity contribution in [3.8, 4) is 0 Å². The summed E-state index contributed by atoms with van der Waals surface area (Å²) in [6.45, 7) is 10.0. The second kappa shape index (κ2) is 5.31. The summed E-state index contributed by atoms with van der Waals surface area (Å²) in [6.07, 6.45) is 1.05. The zero-order valence-corrected chi connectivity index (χ0v) is 8.85. The summed E-state index contributed by atoms with van der Waals surface area (Å²) in [4.78, 5) is 11.2. The van der Waals surface area contributed by atoms with Crippen LogP contribution in [0.1, 0.15) is 41.0 Å². The number of carbonyl (C=O) groups is 1. The first-order valence-electron chi connectivity index (χ1n) is 4.75. The number of Topliss-reactive ketones (excluding diaryl/α,β-unsaturated/α-hetero) is 1. The molecule has 0 spiro atoms. The van der Waals surface area contributed by atoms with Crippen LogP contribution in [0.5, 0.6) is 0 Å². The molecule has 1 N–H and O–H groups in total. The molecule has 0 aromatic heterocycles. The van der Waals surface area contributed by atoms with Gasteiger partial charge in [-0.1, -0.05) is 34.1 Å². The SMILES string of the molecule is CCC(C)C(NC(C)C)C(C)=O. The second-order valence-corrected chi connectivity index (χ2v) is 3.80. The van der Waals surface area contributed by atoms with Gasteiger partial charge in [-0.25, -0.2) is 0 Å². The number of carbonyl (C=O) groups excluding carboxylic acids is 1. The van der Waals surface area contributed by atoms with Crippen LogP contribution >= 0.6 is 0 Å². The molecule has 0 saturated heterocycles. The van der Waals surface area contributed by atoms with E-state index in [0.29, 0.717) is 12.0 Å². The Morgan fingerprint density at radius 2 is 1.83 bits per heavy atom. The van der Waals surface area contributed by atoms with Gasteiger partial charge in [0.1, 0.15) is 5.78 Å². The van der Waals surface area contributed by atoms with Crippen molar-refractivity contribution in [2.75, 3.05) is 0 Å². The molecule has 0 heterocycles. The molecule has 0 amide bonds. The molecule has 0 rings (SSSR count). The van der Waals surface area contributed by atoms with Gasteiger partial charge < -0.3 is 5.32 Å². The van der Waals surface area contributed by atoms with Gasteiger partial charge in [0.2, 0.25) is 0 Å². The van der Waals surface area contributed by atoms with E-state index in [0.717, 1.165) is 6.42 Å². The number of nitrogens with one attached hydrogen (secondary N) is 1. The lowest BCUT2D eigenvalue weighted by atomic mass is 9.95. The molecule has 0 aromatic carbocycles. The first-order chi connectivity index (χ1) is 5.49. The van der Waals surface area contributed by atoms with Crippen molar-refractivity contribution in [1.82, 2.24) is 5.32 Å². The first-order valence-corrected chi connectivity index (χ1v) is 4.75. The minimum Gasteiger partial charge on any atom is -0.305 e. The van der Waals surface area contributed by atoms with Gasteiger partial charge in [0.05, 0.1) is 6.04 Å². The number of hydrogen-bond acceptors (Lipinski definition) is 2. The van der Waals surface area contributed by atoms with E-state index in [1.54, 1.807) is 6.92 Å². The Morgan fingerprint density at radius 3 is 2.08 bits per heavy atom. The fourth-order valence-electron chi connectivity index (χ4n) is 1.28. The molecule has 0 bridgehead atoms. The van der Waals surface area contributed by atoms with E-state index in [2.05, 4.69) is 33.0 Å². The van der Waals surface area contributed by atoms with Crippen molar-refractivity contribution in [3.05, 3.63) is 0 Å². The molecule has 72 valence electrons. The Morgan fingerprint density at radius 1 is 1.33 bits per heavy atom. The van der Waals surface area contributed by atoms with Crippen LogP contribution in [0.15, 0.2) is 0 Å². The van der Waals surface area contributed by atoms with E-state index in [1.165, 1.54) is 0 Å². The van der Waals surface area contributed by atoms with Crippen molar-refractivity contribution in [2.45, 2.75) is 53.1 Å². The standard InChI is InChI=1S/C10H21NO/c1-6-8(4)10(9(5)12)11-7(2)3/h7-8,10-11H,6H2,1-5H3. The predicted molar refractivity (Wildman–Crippen MR) is 52.2 cm³/mol. The average molecular weight is 171 g/mol. The fourth-order valence-corrected chi connectivity index (χ4v) is 1.28. The Balaban J connectivity index is 4.13. The van der Waals surface area contributed by atoms with Gasteiger partial charge in [-0.2, -0.15) is 0 Å². The normalized spacial score (nSPS) is 16.2. The van der Waals surface area contributed by atoms with Crippen LogP contribution in [-0.4, -0.2) is 17.9 Å². The molecule has 0 radical (unpaired) electrons. The third-order valence-electron chi connectivity index (χ3n) is 2.16. The summed E-state index contributed by atoms with van der Waals surface area (Å²) < 4.78 is 0. The van der Waals surface area contributed by atoms with Crippen LogP contribution in [0.3, 0.4) is 0 Å². The maximum Gasteiger partial charge on any atom is 0.146 e. The molecular formula is C10H21NO. The third kappa shape index (κ3) is 3.86. The van der Waals surface area contributed by atoms with Crippen LogP contribution in [-0.2, 0) is 4.79 Å². The molecule has 2 atom stereocenters. The van der Waals surface area contributed by atoms with Gasteiger partial charge in [-0.15, -0.1) is 0 Å². The van der Waals surface area contributed by atoms with Crippen LogP contribution in [0.4, 0.5) is 0 Å². The molecule has 0 aliphatic carbocycles. The largest absolute Gasteiger partial charge is 0.305 e. The molecule has 2 unspecified atom stereocenters. The lowest BCUT2D eigenvalue weighted by Gasteiger charge is -2.23. The van der Waals surface area contributed by atoms with E-state index >= 15 is 0 Å². The number of ketones is 1. The van der Waals surface area contributed by atoms with E-state index in [4.69, 9.17) is 0 Å². The van der Waals surface area contributed by atoms with Crippen LogP contribution < -0.4 is 5.32 Å². The van der Waals surface area contributed by atoms with Crippen molar-refractivity contribution in [2.24, 2.45) is 5.92 Å². The van der Waals surface area contributed by atoms with E-state index < -0.39 is 0 Å². The molecule has 2 nitrogen and oxygen atoms in total. The fraction of sp³-hybridized carbons (Fsp3) is 0.900. The van der Waals surface area contributed by atoms with Gasteiger partial charge in [0.25, 0.3) is 0 Å². The van der Waals surface area contributed by atoms with Gasteiger partial charge in [0, 0.05) is 6.04 Å². The van der Waals surface area contributed by atoms with Gasteiger partial charge in [0.15, 0.2) is 0 Å². The van der Waals surface area contributed by atoms with Crippen molar-refractivity contribution >= 4 is 5.78 Å². The minimum atomic E-state index is 0.0370. The average Bonchev–Trinajstić information content (AvgIpc) is 1.98. The highest BCUT2D eigenvalue weighted by Gasteiger charge is 2.20. The summed E-state index contributed by atoms with van der Waals surface area (Å²) in [7, 11) is 0. The highest BCUT2D eigenvalue weighted by molar-refractivity contribution is 5.81. The smallest absolute Gasteiger partial charge is 0.146 e. The lowest BCUT2D eigenvalue weighted by molar-refractivity contribution is -0.120. The van der Waals surface area contributed by atoms with Crippen LogP contribution in [0.2, 0.25) is 0 Å². The monoisotopic (exact) mass is 171 g/mol. The molecule has 0 aliphatic heterocycles. The summed E-state index contributed by atoms with van der Waals surface area (Å²) in [6, 6.07) is 0.419. The quantitative estimate of drug-likeness (QED) is 0.685. The predicted octanol–water partition coefficient (Wildman–Crippen LogP) is 1.99. The van der Waals surface area contributed by atoms with E-state index in [-0.39, 0.29) is 11.8 Å². The van der Waals surface area contributed by atoms with Crippen molar-refractivity contribution in [3.63, 3.8) is 0 Å². The molecule has 0 aromatic rings. The van der Waals surface area contributed by atoms with Gasteiger partial charge in [-0.3, -0.25) is 4.79 Å². The molecule has 0 saturated carbocycles. The van der Waals surface area contributed by atoms with Crippen LogP contribution in [0, 0.1) is 5.92 Å². The zero-order chi connectivity index (χ0) is 9.72. The Bertz CT molecular complexity index is 143. The van der Waals surface area contributed by atoms with E-state index in [9.17, 15) is 4.79 Å². The van der Waals surface area contributed by atoms with Crippen molar-refractivity contribution in [1.29, 1.82) is 0 Å². The second-order valence-electron chi connectivity index (χ2n) is 3.80. The maximum absolute atomic E-state index is 11.2. The minimum absolute atomic E-state index is 0.0370. The lowest BCUT2D eigenvalue weighted by Crippen LogP contribution is -2.44. The Hall–Kier alpha value is -0.370. The van der Waals surface area contributed by atoms with Crippen molar-refractivity contribution < 1.29 is 4.79 Å². The topological polar surface area (TPSA) is 29.1 Å². The molecule has 12 heavy (non-hydrogen) atoms.